The highest BCUT2D eigenvalue weighted by molar-refractivity contribution is 5.23. The van der Waals surface area contributed by atoms with E-state index in [0.717, 1.165) is 31.6 Å². The number of aromatic nitrogens is 2. The van der Waals surface area contributed by atoms with Gasteiger partial charge in [-0.25, -0.2) is 0 Å². The Morgan fingerprint density at radius 1 is 1.25 bits per heavy atom. The monoisotopic (exact) mass is 278 g/mol. The number of aromatic amines is 1. The molecule has 4 nitrogen and oxygen atoms in total. The maximum Gasteiger partial charge on any atom is 0.257 e. The van der Waals surface area contributed by atoms with Crippen LogP contribution in [0.4, 0.5) is 0 Å². The minimum atomic E-state index is -0.187. The minimum absolute atomic E-state index is 0.0933. The third kappa shape index (κ3) is 3.05. The van der Waals surface area contributed by atoms with E-state index in [4.69, 9.17) is 0 Å². The molecule has 20 heavy (non-hydrogen) atoms. The molecule has 0 amide bonds. The highest BCUT2D eigenvalue weighted by atomic mass is 16.3. The average Bonchev–Trinajstić information content (AvgIpc) is 2.37. The fraction of sp³-hybridized carbons (Fsp3) is 0.750. The Labute approximate surface area is 120 Å². The first kappa shape index (κ1) is 15.1. The van der Waals surface area contributed by atoms with E-state index >= 15 is 0 Å². The van der Waals surface area contributed by atoms with E-state index in [1.165, 1.54) is 0 Å². The molecule has 0 aliphatic heterocycles. The first-order chi connectivity index (χ1) is 9.32. The highest BCUT2D eigenvalue weighted by Crippen LogP contribution is 2.42. The molecule has 1 fully saturated rings. The van der Waals surface area contributed by atoms with Crippen LogP contribution in [0.25, 0.3) is 0 Å². The van der Waals surface area contributed by atoms with E-state index in [1.807, 2.05) is 6.92 Å². The molecule has 1 aromatic rings. The Hall–Kier alpha value is -1.32. The van der Waals surface area contributed by atoms with E-state index in [9.17, 15) is 9.90 Å². The van der Waals surface area contributed by atoms with Crippen molar-refractivity contribution in [2.75, 3.05) is 0 Å². The van der Waals surface area contributed by atoms with E-state index in [1.54, 1.807) is 0 Å². The van der Waals surface area contributed by atoms with Crippen LogP contribution in [0.2, 0.25) is 0 Å². The molecule has 0 saturated heterocycles. The van der Waals surface area contributed by atoms with Gasteiger partial charge in [0.2, 0.25) is 5.88 Å². The van der Waals surface area contributed by atoms with Crippen molar-refractivity contribution in [3.05, 3.63) is 21.7 Å². The van der Waals surface area contributed by atoms with Crippen LogP contribution in [-0.2, 0) is 6.42 Å². The molecule has 1 aliphatic carbocycles. The second-order valence-corrected chi connectivity index (χ2v) is 7.02. The molecule has 2 rings (SSSR count). The van der Waals surface area contributed by atoms with E-state index in [-0.39, 0.29) is 17.4 Å². The van der Waals surface area contributed by atoms with Crippen LogP contribution in [0.3, 0.4) is 0 Å². The smallest absolute Gasteiger partial charge is 0.257 e. The summed E-state index contributed by atoms with van der Waals surface area (Å²) in [5, 5.41) is 9.85. The Morgan fingerprint density at radius 3 is 2.30 bits per heavy atom. The SMILES string of the molecule is CCc1c(O)nc(C2CCC(C(C)(C)C)CC2)[nH]c1=O. The molecule has 112 valence electrons. The van der Waals surface area contributed by atoms with Crippen LogP contribution in [0.1, 0.15) is 70.7 Å². The van der Waals surface area contributed by atoms with Gasteiger partial charge in [0.25, 0.3) is 5.56 Å². The number of rotatable bonds is 2. The van der Waals surface area contributed by atoms with Gasteiger partial charge in [-0.15, -0.1) is 0 Å². The predicted octanol–water partition coefficient (Wildman–Crippen LogP) is 3.36. The zero-order valence-corrected chi connectivity index (χ0v) is 13.0. The van der Waals surface area contributed by atoms with Crippen molar-refractivity contribution >= 4 is 0 Å². The van der Waals surface area contributed by atoms with Gasteiger partial charge in [0.1, 0.15) is 5.82 Å². The van der Waals surface area contributed by atoms with Crippen molar-refractivity contribution < 1.29 is 5.11 Å². The van der Waals surface area contributed by atoms with Crippen LogP contribution in [0.15, 0.2) is 4.79 Å². The van der Waals surface area contributed by atoms with Crippen LogP contribution >= 0.6 is 0 Å². The molecule has 0 atom stereocenters. The Kier molecular flexibility index (Phi) is 4.21. The lowest BCUT2D eigenvalue weighted by atomic mass is 9.69. The van der Waals surface area contributed by atoms with Crippen LogP contribution in [0, 0.1) is 11.3 Å². The van der Waals surface area contributed by atoms with Crippen LogP contribution in [0.5, 0.6) is 5.88 Å². The Bertz CT molecular complexity index is 520. The molecular weight excluding hydrogens is 252 g/mol. The molecule has 0 spiro atoms. The first-order valence-corrected chi connectivity index (χ1v) is 7.65. The lowest BCUT2D eigenvalue weighted by molar-refractivity contribution is 0.167. The van der Waals surface area contributed by atoms with Gasteiger partial charge in [-0.3, -0.25) is 4.79 Å². The van der Waals surface area contributed by atoms with Crippen molar-refractivity contribution in [3.63, 3.8) is 0 Å². The van der Waals surface area contributed by atoms with E-state index in [0.29, 0.717) is 23.2 Å². The van der Waals surface area contributed by atoms with Gasteiger partial charge in [0, 0.05) is 5.92 Å². The van der Waals surface area contributed by atoms with Gasteiger partial charge < -0.3 is 10.1 Å². The largest absolute Gasteiger partial charge is 0.493 e. The lowest BCUT2D eigenvalue weighted by Gasteiger charge is -2.36. The van der Waals surface area contributed by atoms with Crippen molar-refractivity contribution in [2.24, 2.45) is 11.3 Å². The number of hydrogen-bond acceptors (Lipinski definition) is 3. The summed E-state index contributed by atoms with van der Waals surface area (Å²) in [4.78, 5) is 19.0. The fourth-order valence-electron chi connectivity index (χ4n) is 3.25. The van der Waals surface area contributed by atoms with Crippen LogP contribution in [-0.4, -0.2) is 15.1 Å². The van der Waals surface area contributed by atoms with Crippen molar-refractivity contribution in [3.8, 4) is 5.88 Å². The summed E-state index contributed by atoms with van der Waals surface area (Å²) in [5.74, 6) is 1.58. The molecule has 0 radical (unpaired) electrons. The standard InChI is InChI=1S/C16H26N2O2/c1-5-12-14(19)17-13(18-15(12)20)10-6-8-11(9-7-10)16(2,3)4/h10-11H,5-9H2,1-4H3,(H2,17,18,19,20). The molecule has 1 aliphatic rings. The number of aromatic hydroxyl groups is 1. The summed E-state index contributed by atoms with van der Waals surface area (Å²) >= 11 is 0. The van der Waals surface area contributed by atoms with Crippen molar-refractivity contribution in [2.45, 2.75) is 65.7 Å². The summed E-state index contributed by atoms with van der Waals surface area (Å²) in [6, 6.07) is 0. The summed E-state index contributed by atoms with van der Waals surface area (Å²) < 4.78 is 0. The van der Waals surface area contributed by atoms with E-state index in [2.05, 4.69) is 30.7 Å². The zero-order valence-electron chi connectivity index (χ0n) is 13.0. The van der Waals surface area contributed by atoms with Gasteiger partial charge >= 0.3 is 0 Å². The molecule has 2 N–H and O–H groups in total. The maximum atomic E-state index is 11.9. The molecule has 0 unspecified atom stereocenters. The molecule has 1 saturated carbocycles. The van der Waals surface area contributed by atoms with Crippen molar-refractivity contribution in [1.82, 2.24) is 9.97 Å². The Balaban J connectivity index is 2.14. The topological polar surface area (TPSA) is 66.0 Å². The summed E-state index contributed by atoms with van der Waals surface area (Å²) in [5.41, 5.74) is 0.546. The molecule has 4 heteroatoms. The van der Waals surface area contributed by atoms with Gasteiger partial charge in [-0.1, -0.05) is 27.7 Å². The molecule has 0 aromatic carbocycles. The predicted molar refractivity (Wildman–Crippen MR) is 80.1 cm³/mol. The third-order valence-corrected chi connectivity index (χ3v) is 4.70. The second kappa shape index (κ2) is 5.58. The van der Waals surface area contributed by atoms with E-state index < -0.39 is 0 Å². The molecule has 0 bridgehead atoms. The quantitative estimate of drug-likeness (QED) is 0.871. The van der Waals surface area contributed by atoms with Crippen molar-refractivity contribution in [1.29, 1.82) is 0 Å². The average molecular weight is 278 g/mol. The number of nitrogens with zero attached hydrogens (tertiary/aromatic N) is 1. The van der Waals surface area contributed by atoms with Gasteiger partial charge in [0.05, 0.1) is 5.56 Å². The van der Waals surface area contributed by atoms with Crippen LogP contribution < -0.4 is 5.56 Å². The fourth-order valence-corrected chi connectivity index (χ4v) is 3.25. The lowest BCUT2D eigenvalue weighted by Crippen LogP contribution is -2.27. The Morgan fingerprint density at radius 2 is 1.85 bits per heavy atom. The third-order valence-electron chi connectivity index (χ3n) is 4.70. The summed E-state index contributed by atoms with van der Waals surface area (Å²) in [6.45, 7) is 8.72. The first-order valence-electron chi connectivity index (χ1n) is 7.65. The second-order valence-electron chi connectivity index (χ2n) is 7.02. The summed E-state index contributed by atoms with van der Waals surface area (Å²) in [6.07, 6.45) is 4.90. The van der Waals surface area contributed by atoms with Gasteiger partial charge in [-0.2, -0.15) is 4.98 Å². The summed E-state index contributed by atoms with van der Waals surface area (Å²) in [7, 11) is 0. The number of hydrogen-bond donors (Lipinski definition) is 2. The molecule has 1 aromatic heterocycles. The molecular formula is C16H26N2O2. The van der Waals surface area contributed by atoms with Gasteiger partial charge in [-0.05, 0) is 43.4 Å². The maximum absolute atomic E-state index is 11.9. The molecule has 1 heterocycles. The zero-order chi connectivity index (χ0) is 14.9. The van der Waals surface area contributed by atoms with Gasteiger partial charge in [0.15, 0.2) is 0 Å². The highest BCUT2D eigenvalue weighted by Gasteiger charge is 2.31. The normalized spacial score (nSPS) is 23.8. The number of nitrogens with one attached hydrogen (secondary N) is 1. The minimum Gasteiger partial charge on any atom is -0.493 e. The number of H-pyrrole nitrogens is 1.